The average molecular weight is 203 g/mol. The van der Waals surface area contributed by atoms with Gasteiger partial charge >= 0.3 is 0 Å². The molecular formula is C8H11ClN2S. The lowest BCUT2D eigenvalue weighted by atomic mass is 10.4. The van der Waals surface area contributed by atoms with Crippen molar-refractivity contribution in [2.75, 3.05) is 11.6 Å². The number of aromatic nitrogens is 2. The first-order valence-electron chi connectivity index (χ1n) is 3.56. The second kappa shape index (κ2) is 4.58. The minimum atomic E-state index is 0.535. The van der Waals surface area contributed by atoms with Crippen LogP contribution in [0.4, 0.5) is 0 Å². The Hall–Kier alpha value is -0.410. The lowest BCUT2D eigenvalue weighted by Gasteiger charge is -1.97. The predicted molar refractivity (Wildman–Crippen MR) is 53.8 cm³/mol. The van der Waals surface area contributed by atoms with Crippen molar-refractivity contribution in [1.82, 2.24) is 9.78 Å². The molecule has 0 unspecified atom stereocenters. The van der Waals surface area contributed by atoms with Gasteiger partial charge in [-0.25, -0.2) is 0 Å². The topological polar surface area (TPSA) is 17.8 Å². The van der Waals surface area contributed by atoms with Crippen LogP contribution in [-0.4, -0.2) is 21.4 Å². The summed E-state index contributed by atoms with van der Waals surface area (Å²) in [7, 11) is 1.90. The van der Waals surface area contributed by atoms with Crippen LogP contribution in [-0.2, 0) is 7.05 Å². The van der Waals surface area contributed by atoms with Gasteiger partial charge in [-0.2, -0.15) is 5.10 Å². The molecule has 0 atom stereocenters. The summed E-state index contributed by atoms with van der Waals surface area (Å²) in [6.45, 7) is 3.82. The van der Waals surface area contributed by atoms with Gasteiger partial charge in [0.05, 0.1) is 6.20 Å². The van der Waals surface area contributed by atoms with Gasteiger partial charge in [0.25, 0.3) is 0 Å². The first kappa shape index (κ1) is 9.68. The van der Waals surface area contributed by atoms with Crippen molar-refractivity contribution >= 4 is 23.4 Å². The summed E-state index contributed by atoms with van der Waals surface area (Å²) in [5, 5.41) is 4.05. The molecule has 1 rings (SSSR count). The Morgan fingerprint density at radius 1 is 1.83 bits per heavy atom. The Kier molecular flexibility index (Phi) is 3.69. The van der Waals surface area contributed by atoms with Crippen molar-refractivity contribution in [2.24, 2.45) is 7.05 Å². The molecule has 1 aromatic heterocycles. The summed E-state index contributed by atoms with van der Waals surface area (Å²) in [5.41, 5.74) is 1.05. The van der Waals surface area contributed by atoms with E-state index in [9.17, 15) is 0 Å². The van der Waals surface area contributed by atoms with Crippen molar-refractivity contribution in [1.29, 1.82) is 0 Å². The maximum Gasteiger partial charge on any atom is 0.0625 e. The number of thioether (sulfide) groups is 1. The van der Waals surface area contributed by atoms with Crippen molar-refractivity contribution in [3.63, 3.8) is 0 Å². The molecule has 66 valence electrons. The Bertz CT molecular complexity index is 270. The quantitative estimate of drug-likeness (QED) is 0.424. The van der Waals surface area contributed by atoms with Crippen molar-refractivity contribution in [3.05, 3.63) is 24.5 Å². The van der Waals surface area contributed by atoms with Crippen LogP contribution in [0.3, 0.4) is 0 Å². The molecule has 0 saturated carbocycles. The highest BCUT2D eigenvalue weighted by molar-refractivity contribution is 7.99. The molecule has 12 heavy (non-hydrogen) atoms. The molecule has 0 aliphatic heterocycles. The Balaban J connectivity index is 2.38. The fourth-order valence-electron chi connectivity index (χ4n) is 0.697. The van der Waals surface area contributed by atoms with E-state index >= 15 is 0 Å². The lowest BCUT2D eigenvalue weighted by Crippen LogP contribution is -1.86. The summed E-state index contributed by atoms with van der Waals surface area (Å²) in [4.78, 5) is 1.16. The molecule has 1 heterocycles. The number of hydrogen-bond donors (Lipinski definition) is 0. The second-order valence-corrected chi connectivity index (χ2v) is 3.84. The smallest absolute Gasteiger partial charge is 0.0625 e. The fraction of sp³-hybridized carbons (Fsp3) is 0.375. The van der Waals surface area contributed by atoms with E-state index in [1.165, 1.54) is 0 Å². The van der Waals surface area contributed by atoms with Gasteiger partial charge < -0.3 is 0 Å². The molecule has 0 amide bonds. The zero-order valence-corrected chi connectivity index (χ0v) is 8.53. The highest BCUT2D eigenvalue weighted by atomic mass is 35.5. The summed E-state index contributed by atoms with van der Waals surface area (Å²) >= 11 is 7.30. The minimum absolute atomic E-state index is 0.535. The molecule has 2 nitrogen and oxygen atoms in total. The molecule has 0 aromatic carbocycles. The van der Waals surface area contributed by atoms with Crippen molar-refractivity contribution in [2.45, 2.75) is 4.90 Å². The fourth-order valence-corrected chi connectivity index (χ4v) is 1.73. The van der Waals surface area contributed by atoms with Gasteiger partial charge in [0.15, 0.2) is 0 Å². The van der Waals surface area contributed by atoms with Crippen molar-refractivity contribution < 1.29 is 0 Å². The molecule has 0 saturated heterocycles. The van der Waals surface area contributed by atoms with E-state index in [0.717, 1.165) is 16.2 Å². The standard InChI is InChI=1S/C8H11ClN2S/c1-7(3-9)6-12-8-4-10-11(2)5-8/h4-5H,1,3,6H2,2H3. The molecule has 0 spiro atoms. The van der Waals surface area contributed by atoms with Crippen LogP contribution >= 0.6 is 23.4 Å². The van der Waals surface area contributed by atoms with Crippen LogP contribution < -0.4 is 0 Å². The van der Waals surface area contributed by atoms with E-state index in [1.807, 2.05) is 19.4 Å². The van der Waals surface area contributed by atoms with Crippen LogP contribution in [0.1, 0.15) is 0 Å². The zero-order chi connectivity index (χ0) is 8.97. The summed E-state index contributed by atoms with van der Waals surface area (Å²) in [6.07, 6.45) is 3.82. The van der Waals surface area contributed by atoms with Crippen LogP contribution in [0.2, 0.25) is 0 Å². The molecule has 0 radical (unpaired) electrons. The molecule has 4 heteroatoms. The van der Waals surface area contributed by atoms with Crippen LogP contribution in [0, 0.1) is 0 Å². The second-order valence-electron chi connectivity index (χ2n) is 2.52. The number of halogens is 1. The summed E-state index contributed by atoms with van der Waals surface area (Å²) in [6, 6.07) is 0. The maximum absolute atomic E-state index is 5.59. The van der Waals surface area contributed by atoms with Gasteiger partial charge in [0.1, 0.15) is 0 Å². The molecule has 0 fully saturated rings. The van der Waals surface area contributed by atoms with Crippen molar-refractivity contribution in [3.8, 4) is 0 Å². The number of aryl methyl sites for hydroxylation is 1. The first-order valence-corrected chi connectivity index (χ1v) is 5.08. The normalized spacial score (nSPS) is 10.2. The number of hydrogen-bond acceptors (Lipinski definition) is 2. The monoisotopic (exact) mass is 202 g/mol. The first-order chi connectivity index (χ1) is 5.72. The summed E-state index contributed by atoms with van der Waals surface area (Å²) < 4.78 is 1.78. The molecule has 1 aromatic rings. The third-order valence-corrected chi connectivity index (χ3v) is 2.79. The lowest BCUT2D eigenvalue weighted by molar-refractivity contribution is 0.766. The highest BCUT2D eigenvalue weighted by Gasteiger charge is 1.97. The number of rotatable bonds is 4. The van der Waals surface area contributed by atoms with Gasteiger partial charge in [0.2, 0.25) is 0 Å². The summed E-state index contributed by atoms with van der Waals surface area (Å²) in [5.74, 6) is 1.41. The zero-order valence-electron chi connectivity index (χ0n) is 6.96. The number of alkyl halides is 1. The highest BCUT2D eigenvalue weighted by Crippen LogP contribution is 2.18. The molecular weight excluding hydrogens is 192 g/mol. The van der Waals surface area contributed by atoms with E-state index in [-0.39, 0.29) is 0 Å². The third kappa shape index (κ3) is 2.91. The minimum Gasteiger partial charge on any atom is -0.275 e. The van der Waals surface area contributed by atoms with Gasteiger partial charge in [-0.05, 0) is 0 Å². The maximum atomic E-state index is 5.59. The third-order valence-electron chi connectivity index (χ3n) is 1.31. The molecule has 0 aliphatic rings. The van der Waals surface area contributed by atoms with E-state index < -0.39 is 0 Å². The predicted octanol–water partition coefficient (Wildman–Crippen LogP) is 2.31. The Morgan fingerprint density at radius 3 is 3.08 bits per heavy atom. The van der Waals surface area contributed by atoms with E-state index in [1.54, 1.807) is 16.4 Å². The van der Waals surface area contributed by atoms with E-state index in [2.05, 4.69) is 11.7 Å². The molecule has 0 aliphatic carbocycles. The largest absolute Gasteiger partial charge is 0.275 e. The van der Waals surface area contributed by atoms with Gasteiger partial charge in [-0.3, -0.25) is 4.68 Å². The van der Waals surface area contributed by atoms with Gasteiger partial charge in [0, 0.05) is 29.8 Å². The number of nitrogens with zero attached hydrogens (tertiary/aromatic N) is 2. The van der Waals surface area contributed by atoms with E-state index in [4.69, 9.17) is 11.6 Å². The molecule has 0 bridgehead atoms. The van der Waals surface area contributed by atoms with Crippen LogP contribution in [0.5, 0.6) is 0 Å². The van der Waals surface area contributed by atoms with Crippen LogP contribution in [0.25, 0.3) is 0 Å². The average Bonchev–Trinajstić information content (AvgIpc) is 2.47. The van der Waals surface area contributed by atoms with Gasteiger partial charge in [-0.1, -0.05) is 12.2 Å². The van der Waals surface area contributed by atoms with Gasteiger partial charge in [-0.15, -0.1) is 23.4 Å². The SMILES string of the molecule is C=C(CCl)CSc1cnn(C)c1. The Morgan fingerprint density at radius 2 is 2.58 bits per heavy atom. The van der Waals surface area contributed by atoms with E-state index in [0.29, 0.717) is 5.88 Å². The Labute approximate surface area is 81.6 Å². The van der Waals surface area contributed by atoms with Crippen LogP contribution in [0.15, 0.2) is 29.4 Å². The molecule has 0 N–H and O–H groups in total.